The van der Waals surface area contributed by atoms with Crippen molar-refractivity contribution in [1.29, 1.82) is 0 Å². The number of dihydropyridines is 1. The molecule has 0 saturated carbocycles. The molecule has 0 radical (unpaired) electrons. The van der Waals surface area contributed by atoms with Gasteiger partial charge in [0.1, 0.15) is 0 Å². The number of carbonyl (C=O) groups is 1. The second-order valence-electron chi connectivity index (χ2n) is 10.3. The molecule has 2 heterocycles. The van der Waals surface area contributed by atoms with Gasteiger partial charge in [0.05, 0.1) is 5.57 Å². The number of nitrogens with one attached hydrogen (secondary N) is 2. The molecule has 42 heavy (non-hydrogen) atoms. The maximum absolute atomic E-state index is 11.7. The molecule has 1 atom stereocenters. The van der Waals surface area contributed by atoms with Crippen LogP contribution in [0.3, 0.4) is 0 Å². The molecule has 2 aliphatic rings. The lowest BCUT2D eigenvalue weighted by molar-refractivity contribution is -0.132. The van der Waals surface area contributed by atoms with Crippen molar-refractivity contribution in [3.8, 4) is 12.8 Å². The third kappa shape index (κ3) is 10.0. The molecule has 0 aromatic carbocycles. The minimum Gasteiger partial charge on any atom is -0.478 e. The number of aliphatic carboxylic acids is 1. The molecule has 0 fully saturated rings. The Bertz CT molecular complexity index is 1300. The predicted molar refractivity (Wildman–Crippen MR) is 182 cm³/mol. The summed E-state index contributed by atoms with van der Waals surface area (Å²) in [7, 11) is 0. The van der Waals surface area contributed by atoms with Crippen LogP contribution in [0, 0.1) is 12.8 Å². The summed E-state index contributed by atoms with van der Waals surface area (Å²) in [6.45, 7) is 32.4. The molecule has 0 aromatic heterocycles. The second-order valence-corrected chi connectivity index (χ2v) is 10.3. The van der Waals surface area contributed by atoms with E-state index in [4.69, 9.17) is 0 Å². The van der Waals surface area contributed by atoms with E-state index in [2.05, 4.69) is 108 Å². The Morgan fingerprint density at radius 1 is 1.12 bits per heavy atom. The van der Waals surface area contributed by atoms with Crippen LogP contribution in [0.5, 0.6) is 0 Å². The molecule has 5 heteroatoms. The van der Waals surface area contributed by atoms with Crippen molar-refractivity contribution < 1.29 is 9.90 Å². The van der Waals surface area contributed by atoms with Crippen LogP contribution in [0.1, 0.15) is 76.2 Å². The van der Waals surface area contributed by atoms with Gasteiger partial charge in [-0.05, 0) is 113 Å². The number of terminal acetylenes is 1. The van der Waals surface area contributed by atoms with Crippen LogP contribution in [-0.4, -0.2) is 35.1 Å². The fourth-order valence-corrected chi connectivity index (χ4v) is 4.58. The number of hydrogen-bond acceptors (Lipinski definition) is 4. The molecule has 2 rings (SSSR count). The zero-order valence-corrected chi connectivity index (χ0v) is 27.8. The molecule has 5 nitrogen and oxygen atoms in total. The zero-order chi connectivity index (χ0) is 32.7. The van der Waals surface area contributed by atoms with Crippen molar-refractivity contribution in [1.82, 2.24) is 15.5 Å². The Labute approximate surface area is 256 Å². The molecule has 0 aromatic rings. The van der Waals surface area contributed by atoms with Gasteiger partial charge >= 0.3 is 5.97 Å². The van der Waals surface area contributed by atoms with Gasteiger partial charge in [0.15, 0.2) is 0 Å². The highest BCUT2D eigenvalue weighted by Crippen LogP contribution is 2.30. The average molecular weight is 572 g/mol. The first-order valence-corrected chi connectivity index (χ1v) is 14.5. The van der Waals surface area contributed by atoms with Gasteiger partial charge in [-0.1, -0.05) is 50.8 Å². The van der Waals surface area contributed by atoms with Gasteiger partial charge < -0.3 is 20.6 Å². The van der Waals surface area contributed by atoms with Gasteiger partial charge in [-0.15, -0.1) is 12.8 Å². The van der Waals surface area contributed by atoms with Gasteiger partial charge in [0, 0.05) is 42.4 Å². The number of hydrogen-bond donors (Lipinski definition) is 3. The molecular formula is C37H53N3O2. The van der Waals surface area contributed by atoms with E-state index in [0.717, 1.165) is 29.0 Å². The third-order valence-corrected chi connectivity index (χ3v) is 7.39. The monoisotopic (exact) mass is 571 g/mol. The third-order valence-electron chi connectivity index (χ3n) is 7.39. The van der Waals surface area contributed by atoms with Gasteiger partial charge in [-0.25, -0.2) is 4.79 Å². The molecule has 1 unspecified atom stereocenters. The quantitative estimate of drug-likeness (QED) is 0.139. The fourth-order valence-electron chi connectivity index (χ4n) is 4.58. The summed E-state index contributed by atoms with van der Waals surface area (Å²) < 4.78 is 0. The van der Waals surface area contributed by atoms with E-state index >= 15 is 0 Å². The smallest absolute Gasteiger partial charge is 0.337 e. The summed E-state index contributed by atoms with van der Waals surface area (Å²) >= 11 is 0. The van der Waals surface area contributed by atoms with Crippen LogP contribution >= 0.6 is 0 Å². The SMILES string of the molecule is C#C.C=C/C=C(NC(C)C1=CC(C)=CN(C(=C)/C(C)=C(\C)C2=CC(C(C)=C(C)C)=C(C)NC2)C1)\C(=C/C)C(=O)O.CC. The Morgan fingerprint density at radius 3 is 2.21 bits per heavy atom. The molecule has 0 saturated heterocycles. The Balaban J connectivity index is 0.00000402. The summed E-state index contributed by atoms with van der Waals surface area (Å²) in [6, 6.07) is -0.0900. The number of rotatable bonds is 10. The number of nitrogens with zero attached hydrogens (tertiary/aromatic N) is 1. The normalized spacial score (nSPS) is 16.4. The molecule has 0 amide bonds. The highest BCUT2D eigenvalue weighted by molar-refractivity contribution is 5.91. The summed E-state index contributed by atoms with van der Waals surface area (Å²) in [6.07, 6.45) is 19.5. The van der Waals surface area contributed by atoms with Crippen LogP contribution in [-0.2, 0) is 4.79 Å². The van der Waals surface area contributed by atoms with Gasteiger partial charge in [0.2, 0.25) is 0 Å². The second kappa shape index (κ2) is 18.3. The lowest BCUT2D eigenvalue weighted by Crippen LogP contribution is -2.35. The lowest BCUT2D eigenvalue weighted by Gasteiger charge is -2.33. The van der Waals surface area contributed by atoms with Crippen molar-refractivity contribution in [3.05, 3.63) is 117 Å². The first-order valence-electron chi connectivity index (χ1n) is 14.5. The molecule has 0 bridgehead atoms. The standard InChI is InChI=1S/C33H45N3O2.C2H6.C2H2/c1-12-14-32(30(13-2)33(37)38)35-25(9)29-15-21(5)18-36(19-29)27(11)23(7)24(8)28-16-31(22(6)20(3)4)26(10)34-17-28;2*1-2/h12-16,18,25,34-35H,1,11,17,19H2,2-10H3,(H,37,38);1-2H3;1-2H/b24-23+,30-13+,32-14+;;. The van der Waals surface area contributed by atoms with E-state index in [1.807, 2.05) is 20.8 Å². The summed E-state index contributed by atoms with van der Waals surface area (Å²) in [5.41, 5.74) is 12.7. The van der Waals surface area contributed by atoms with Gasteiger partial charge in [0.25, 0.3) is 0 Å². The number of allylic oxidation sites excluding steroid dienone is 11. The summed E-state index contributed by atoms with van der Waals surface area (Å²) in [5, 5.41) is 16.6. The molecule has 0 spiro atoms. The van der Waals surface area contributed by atoms with Crippen LogP contribution in [0.15, 0.2) is 117 Å². The topological polar surface area (TPSA) is 64.6 Å². The van der Waals surface area contributed by atoms with Crippen LogP contribution in [0.4, 0.5) is 0 Å². The number of carboxylic acids is 1. The summed E-state index contributed by atoms with van der Waals surface area (Å²) in [5.74, 6) is -0.972. The van der Waals surface area contributed by atoms with Gasteiger partial charge in [-0.2, -0.15) is 0 Å². The zero-order valence-electron chi connectivity index (χ0n) is 27.8. The van der Waals surface area contributed by atoms with E-state index in [0.29, 0.717) is 12.2 Å². The Morgan fingerprint density at radius 2 is 1.71 bits per heavy atom. The lowest BCUT2D eigenvalue weighted by atomic mass is 9.91. The van der Waals surface area contributed by atoms with Crippen LogP contribution in [0.2, 0.25) is 0 Å². The van der Waals surface area contributed by atoms with E-state index in [1.165, 1.54) is 33.6 Å². The van der Waals surface area contributed by atoms with Crippen molar-refractivity contribution in [3.63, 3.8) is 0 Å². The van der Waals surface area contributed by atoms with E-state index < -0.39 is 5.97 Å². The van der Waals surface area contributed by atoms with Crippen LogP contribution in [0.25, 0.3) is 0 Å². The highest BCUT2D eigenvalue weighted by atomic mass is 16.4. The Hall–Kier alpha value is -4.17. The Kier molecular flexibility index (Phi) is 16.5. The van der Waals surface area contributed by atoms with Crippen molar-refractivity contribution in [2.75, 3.05) is 13.1 Å². The molecular weight excluding hydrogens is 518 g/mol. The minimum absolute atomic E-state index is 0.0900. The minimum atomic E-state index is -0.972. The number of carboxylic acid groups (broad SMARTS) is 1. The van der Waals surface area contributed by atoms with E-state index in [1.54, 1.807) is 25.2 Å². The van der Waals surface area contributed by atoms with Crippen molar-refractivity contribution in [2.24, 2.45) is 0 Å². The van der Waals surface area contributed by atoms with E-state index in [9.17, 15) is 9.90 Å². The average Bonchev–Trinajstić information content (AvgIpc) is 2.97. The van der Waals surface area contributed by atoms with Gasteiger partial charge in [-0.3, -0.25) is 0 Å². The first-order chi connectivity index (χ1) is 19.8. The first kappa shape index (κ1) is 37.8. The molecule has 0 aliphatic carbocycles. The molecule has 3 N–H and O–H groups in total. The molecule has 2 aliphatic heterocycles. The van der Waals surface area contributed by atoms with E-state index in [-0.39, 0.29) is 11.6 Å². The molecule has 228 valence electrons. The van der Waals surface area contributed by atoms with Crippen molar-refractivity contribution in [2.45, 2.75) is 82.2 Å². The van der Waals surface area contributed by atoms with Crippen LogP contribution < -0.4 is 10.6 Å². The maximum atomic E-state index is 11.7. The highest BCUT2D eigenvalue weighted by Gasteiger charge is 2.22. The largest absolute Gasteiger partial charge is 0.478 e. The predicted octanol–water partition coefficient (Wildman–Crippen LogP) is 8.50. The fraction of sp³-hybridized carbons (Fsp3) is 0.378. The maximum Gasteiger partial charge on any atom is 0.337 e. The van der Waals surface area contributed by atoms with Crippen molar-refractivity contribution >= 4 is 5.97 Å². The summed E-state index contributed by atoms with van der Waals surface area (Å²) in [4.78, 5) is 13.9.